The van der Waals surface area contributed by atoms with Crippen LogP contribution in [0.1, 0.15) is 54.4 Å². The second-order valence-electron chi connectivity index (χ2n) is 7.39. The fourth-order valence-corrected chi connectivity index (χ4v) is 3.23. The van der Waals surface area contributed by atoms with Crippen molar-refractivity contribution < 1.29 is 0 Å². The summed E-state index contributed by atoms with van der Waals surface area (Å²) in [5.74, 6) is 0. The fraction of sp³-hybridized carbons (Fsp3) is 0.929. The van der Waals surface area contributed by atoms with Gasteiger partial charge in [-0.15, -0.1) is 0 Å². The van der Waals surface area contributed by atoms with E-state index in [0.29, 0.717) is 16.1 Å². The third kappa shape index (κ3) is 6.97. The Morgan fingerprint density at radius 1 is 1.18 bits per heavy atom. The molecule has 0 fully saturated rings. The van der Waals surface area contributed by atoms with Gasteiger partial charge in [0.25, 0.3) is 0 Å². The van der Waals surface area contributed by atoms with Crippen molar-refractivity contribution in [2.24, 2.45) is 15.8 Å². The van der Waals surface area contributed by atoms with Crippen LogP contribution in [0.4, 0.5) is 0 Å². The minimum absolute atomic E-state index is 0.404. The highest BCUT2D eigenvalue weighted by Crippen LogP contribution is 2.31. The van der Waals surface area contributed by atoms with Crippen molar-refractivity contribution in [1.82, 2.24) is 5.32 Å². The second kappa shape index (κ2) is 5.64. The van der Waals surface area contributed by atoms with Crippen molar-refractivity contribution in [3.63, 3.8) is 0 Å². The number of nitrogens with one attached hydrogen (secondary N) is 1. The Labute approximate surface area is 111 Å². The minimum Gasteiger partial charge on any atom is -0.365 e. The van der Waals surface area contributed by atoms with E-state index in [4.69, 9.17) is 0 Å². The molecule has 1 atom stereocenters. The van der Waals surface area contributed by atoms with Gasteiger partial charge in [0.1, 0.15) is 0 Å². The van der Waals surface area contributed by atoms with E-state index in [9.17, 15) is 0 Å². The summed E-state index contributed by atoms with van der Waals surface area (Å²) in [5.41, 5.74) is 0.815. The van der Waals surface area contributed by atoms with E-state index in [-0.39, 0.29) is 0 Å². The maximum atomic E-state index is 4.59. The first-order chi connectivity index (χ1) is 7.66. The standard InChI is InChI=1S/C14H28N2S/c1-13(2,3)7-8-15-12-16-10-11(17-12)9-14(4,5)6/h11H,7-10H2,1-6H3,(H,15,16). The molecule has 0 saturated carbocycles. The molecule has 1 aliphatic rings. The molecule has 17 heavy (non-hydrogen) atoms. The summed E-state index contributed by atoms with van der Waals surface area (Å²) in [5, 5.41) is 5.30. The topological polar surface area (TPSA) is 24.4 Å². The molecule has 0 radical (unpaired) electrons. The molecule has 1 heterocycles. The van der Waals surface area contributed by atoms with Crippen molar-refractivity contribution in [3.8, 4) is 0 Å². The number of rotatable bonds is 3. The van der Waals surface area contributed by atoms with Crippen molar-refractivity contribution in [2.75, 3.05) is 13.1 Å². The molecular weight excluding hydrogens is 228 g/mol. The van der Waals surface area contributed by atoms with Crippen LogP contribution >= 0.6 is 11.8 Å². The number of aliphatic imine (C=N–C) groups is 1. The molecule has 1 aliphatic heterocycles. The average molecular weight is 256 g/mol. The van der Waals surface area contributed by atoms with Gasteiger partial charge in [-0.25, -0.2) is 0 Å². The summed E-state index contributed by atoms with van der Waals surface area (Å²) in [6.45, 7) is 15.8. The summed E-state index contributed by atoms with van der Waals surface area (Å²) >= 11 is 1.93. The summed E-state index contributed by atoms with van der Waals surface area (Å²) in [7, 11) is 0. The van der Waals surface area contributed by atoms with Gasteiger partial charge in [0.05, 0.1) is 6.54 Å². The van der Waals surface area contributed by atoms with Gasteiger partial charge in [-0.05, 0) is 23.7 Å². The largest absolute Gasteiger partial charge is 0.365 e. The summed E-state index contributed by atoms with van der Waals surface area (Å²) in [4.78, 5) is 4.59. The minimum atomic E-state index is 0.404. The predicted molar refractivity (Wildman–Crippen MR) is 79.8 cm³/mol. The summed E-state index contributed by atoms with van der Waals surface area (Å²) < 4.78 is 0. The Balaban J connectivity index is 2.22. The highest BCUT2D eigenvalue weighted by molar-refractivity contribution is 8.14. The Bertz CT molecular complexity index is 271. The molecule has 100 valence electrons. The number of nitrogens with zero attached hydrogens (tertiary/aromatic N) is 1. The number of thioether (sulfide) groups is 1. The van der Waals surface area contributed by atoms with E-state index >= 15 is 0 Å². The first kappa shape index (κ1) is 14.9. The molecule has 0 bridgehead atoms. The molecule has 0 aromatic carbocycles. The van der Waals surface area contributed by atoms with Crippen LogP contribution in [0.3, 0.4) is 0 Å². The molecular formula is C14H28N2S. The second-order valence-corrected chi connectivity index (χ2v) is 8.68. The molecule has 2 nitrogen and oxygen atoms in total. The van der Waals surface area contributed by atoms with Crippen molar-refractivity contribution in [3.05, 3.63) is 0 Å². The quantitative estimate of drug-likeness (QED) is 0.827. The maximum absolute atomic E-state index is 4.59. The van der Waals surface area contributed by atoms with E-state index in [1.54, 1.807) is 0 Å². The van der Waals surface area contributed by atoms with Gasteiger partial charge in [-0.1, -0.05) is 53.3 Å². The van der Waals surface area contributed by atoms with Crippen LogP contribution in [0, 0.1) is 10.8 Å². The third-order valence-corrected chi connectivity index (χ3v) is 3.85. The third-order valence-electron chi connectivity index (χ3n) is 2.71. The van der Waals surface area contributed by atoms with Crippen molar-refractivity contribution in [1.29, 1.82) is 0 Å². The van der Waals surface area contributed by atoms with Gasteiger partial charge >= 0.3 is 0 Å². The van der Waals surface area contributed by atoms with Crippen molar-refractivity contribution in [2.45, 2.75) is 59.6 Å². The zero-order chi connectivity index (χ0) is 13.1. The van der Waals surface area contributed by atoms with Crippen LogP contribution < -0.4 is 5.32 Å². The molecule has 1 unspecified atom stereocenters. The van der Waals surface area contributed by atoms with E-state index in [1.807, 2.05) is 11.8 Å². The zero-order valence-corrected chi connectivity index (χ0v) is 13.1. The number of amidine groups is 1. The van der Waals surface area contributed by atoms with E-state index in [0.717, 1.165) is 18.3 Å². The molecule has 0 spiro atoms. The average Bonchev–Trinajstić information content (AvgIpc) is 2.46. The molecule has 0 aromatic rings. The Hall–Kier alpha value is -0.180. The van der Waals surface area contributed by atoms with Gasteiger partial charge < -0.3 is 5.32 Å². The van der Waals surface area contributed by atoms with Crippen molar-refractivity contribution >= 4 is 16.9 Å². The lowest BCUT2D eigenvalue weighted by Gasteiger charge is -2.22. The van der Waals surface area contributed by atoms with E-state index < -0.39 is 0 Å². The molecule has 0 saturated heterocycles. The van der Waals surface area contributed by atoms with Crippen LogP contribution in [0.2, 0.25) is 0 Å². The first-order valence-corrected chi connectivity index (χ1v) is 7.49. The fourth-order valence-electron chi connectivity index (χ4n) is 1.85. The van der Waals surface area contributed by atoms with Gasteiger partial charge in [-0.3, -0.25) is 4.99 Å². The van der Waals surface area contributed by atoms with E-state index in [2.05, 4.69) is 51.9 Å². The lowest BCUT2D eigenvalue weighted by atomic mass is 9.90. The van der Waals surface area contributed by atoms with Crippen LogP contribution in [0.25, 0.3) is 0 Å². The normalized spacial score (nSPS) is 21.5. The van der Waals surface area contributed by atoms with Gasteiger partial charge in [0.15, 0.2) is 5.17 Å². The molecule has 0 aliphatic carbocycles. The Kier molecular flexibility index (Phi) is 4.94. The van der Waals surface area contributed by atoms with Gasteiger partial charge in [-0.2, -0.15) is 0 Å². The smallest absolute Gasteiger partial charge is 0.156 e. The lowest BCUT2D eigenvalue weighted by molar-refractivity contribution is 0.375. The SMILES string of the molecule is CC(C)(C)CCNC1=NCC(CC(C)(C)C)S1. The van der Waals surface area contributed by atoms with Crippen LogP contribution in [-0.2, 0) is 0 Å². The molecule has 0 aromatic heterocycles. The number of hydrogen-bond acceptors (Lipinski definition) is 3. The monoisotopic (exact) mass is 256 g/mol. The van der Waals surface area contributed by atoms with Gasteiger partial charge in [0.2, 0.25) is 0 Å². The summed E-state index contributed by atoms with van der Waals surface area (Å²) in [6.07, 6.45) is 2.43. The van der Waals surface area contributed by atoms with Crippen LogP contribution in [-0.4, -0.2) is 23.5 Å². The lowest BCUT2D eigenvalue weighted by Crippen LogP contribution is -2.24. The highest BCUT2D eigenvalue weighted by atomic mass is 32.2. The number of hydrogen-bond donors (Lipinski definition) is 1. The van der Waals surface area contributed by atoms with Crippen LogP contribution in [0.15, 0.2) is 4.99 Å². The van der Waals surface area contributed by atoms with E-state index in [1.165, 1.54) is 12.8 Å². The zero-order valence-electron chi connectivity index (χ0n) is 12.3. The molecule has 1 rings (SSSR count). The summed E-state index contributed by atoms with van der Waals surface area (Å²) in [6, 6.07) is 0. The first-order valence-electron chi connectivity index (χ1n) is 6.61. The van der Waals surface area contributed by atoms with Crippen LogP contribution in [0.5, 0.6) is 0 Å². The maximum Gasteiger partial charge on any atom is 0.156 e. The molecule has 1 N–H and O–H groups in total. The molecule has 0 amide bonds. The highest BCUT2D eigenvalue weighted by Gasteiger charge is 2.24. The Morgan fingerprint density at radius 3 is 2.35 bits per heavy atom. The predicted octanol–water partition coefficient (Wildman–Crippen LogP) is 3.92. The Morgan fingerprint density at radius 2 is 1.82 bits per heavy atom. The molecule has 3 heteroatoms. The van der Waals surface area contributed by atoms with Gasteiger partial charge in [0, 0.05) is 11.8 Å².